The molecule has 0 spiro atoms. The lowest BCUT2D eigenvalue weighted by molar-refractivity contribution is 0.208. The van der Waals surface area contributed by atoms with Gasteiger partial charge in [-0.1, -0.05) is 33.1 Å². The first-order valence-electron chi connectivity index (χ1n) is 8.25. The van der Waals surface area contributed by atoms with E-state index in [2.05, 4.69) is 12.2 Å². The summed E-state index contributed by atoms with van der Waals surface area (Å²) in [6, 6.07) is 2.73. The topological polar surface area (TPSA) is 12.0 Å². The zero-order chi connectivity index (χ0) is 15.4. The molecule has 3 heteroatoms. The van der Waals surface area contributed by atoms with Crippen LogP contribution in [0.1, 0.15) is 63.1 Å². The minimum absolute atomic E-state index is 0.00338. The van der Waals surface area contributed by atoms with Gasteiger partial charge in [0, 0.05) is 17.7 Å². The van der Waals surface area contributed by atoms with Crippen molar-refractivity contribution in [3.05, 3.63) is 34.9 Å². The summed E-state index contributed by atoms with van der Waals surface area (Å²) in [5.74, 6) is 0.321. The lowest BCUT2D eigenvalue weighted by Gasteiger charge is -2.35. The summed E-state index contributed by atoms with van der Waals surface area (Å²) < 4.78 is 27.8. The average Bonchev–Trinajstić information content (AvgIpc) is 2.49. The number of benzene rings is 1. The van der Waals surface area contributed by atoms with Crippen molar-refractivity contribution in [2.24, 2.45) is 11.8 Å². The van der Waals surface area contributed by atoms with Crippen LogP contribution in [0.15, 0.2) is 12.1 Å². The second kappa shape index (κ2) is 7.35. The Hall–Kier alpha value is -0.960. The largest absolute Gasteiger partial charge is 0.310 e. The van der Waals surface area contributed by atoms with Crippen molar-refractivity contribution in [1.29, 1.82) is 0 Å². The Bertz CT molecular complexity index is 473. The van der Waals surface area contributed by atoms with Crippen molar-refractivity contribution in [2.75, 3.05) is 6.54 Å². The molecule has 1 fully saturated rings. The molecule has 0 saturated heterocycles. The Kier molecular flexibility index (Phi) is 5.74. The molecule has 0 radical (unpaired) electrons. The van der Waals surface area contributed by atoms with Crippen LogP contribution in [0.5, 0.6) is 0 Å². The molecule has 2 rings (SSSR count). The van der Waals surface area contributed by atoms with Gasteiger partial charge in [-0.2, -0.15) is 0 Å². The van der Waals surface area contributed by atoms with Crippen molar-refractivity contribution >= 4 is 0 Å². The molecule has 21 heavy (non-hydrogen) atoms. The molecule has 1 saturated carbocycles. The van der Waals surface area contributed by atoms with E-state index in [1.54, 1.807) is 13.0 Å². The maximum atomic E-state index is 14.3. The van der Waals surface area contributed by atoms with Gasteiger partial charge in [0.05, 0.1) is 0 Å². The number of hydrogen-bond acceptors (Lipinski definition) is 1. The minimum Gasteiger partial charge on any atom is -0.310 e. The monoisotopic (exact) mass is 295 g/mol. The van der Waals surface area contributed by atoms with Gasteiger partial charge >= 0.3 is 0 Å². The molecule has 1 aromatic carbocycles. The highest BCUT2D eigenvalue weighted by Gasteiger charge is 2.30. The van der Waals surface area contributed by atoms with E-state index in [-0.39, 0.29) is 6.04 Å². The predicted molar refractivity (Wildman–Crippen MR) is 83.3 cm³/mol. The van der Waals surface area contributed by atoms with E-state index in [9.17, 15) is 8.78 Å². The van der Waals surface area contributed by atoms with Gasteiger partial charge in [0.1, 0.15) is 11.6 Å². The molecule has 0 bridgehead atoms. The van der Waals surface area contributed by atoms with Crippen molar-refractivity contribution < 1.29 is 8.78 Å². The molecule has 0 heterocycles. The van der Waals surface area contributed by atoms with Gasteiger partial charge in [0.25, 0.3) is 0 Å². The molecule has 1 aliphatic rings. The van der Waals surface area contributed by atoms with Crippen LogP contribution in [0.4, 0.5) is 8.78 Å². The number of hydrogen-bond donors (Lipinski definition) is 1. The first kappa shape index (κ1) is 16.4. The smallest absolute Gasteiger partial charge is 0.130 e. The highest BCUT2D eigenvalue weighted by Crippen LogP contribution is 2.39. The lowest BCUT2D eigenvalue weighted by atomic mass is 9.75. The van der Waals surface area contributed by atoms with Gasteiger partial charge in [-0.25, -0.2) is 8.78 Å². The zero-order valence-electron chi connectivity index (χ0n) is 13.4. The quantitative estimate of drug-likeness (QED) is 0.793. The van der Waals surface area contributed by atoms with E-state index < -0.39 is 11.6 Å². The van der Waals surface area contributed by atoms with E-state index in [1.165, 1.54) is 19.3 Å². The van der Waals surface area contributed by atoms with E-state index >= 15 is 0 Å². The fourth-order valence-corrected chi connectivity index (χ4v) is 3.67. The summed E-state index contributed by atoms with van der Waals surface area (Å²) in [6.45, 7) is 6.78. The molecule has 1 nitrogen and oxygen atoms in total. The first-order chi connectivity index (χ1) is 10.1. The fraction of sp³-hybridized carbons (Fsp3) is 0.667. The molecule has 118 valence electrons. The van der Waals surface area contributed by atoms with Gasteiger partial charge in [-0.15, -0.1) is 0 Å². The summed E-state index contributed by atoms with van der Waals surface area (Å²) in [7, 11) is 0. The number of halogens is 2. The van der Waals surface area contributed by atoms with E-state index in [1.807, 2.05) is 6.92 Å². The normalized spacial score (nSPS) is 24.0. The Morgan fingerprint density at radius 3 is 2.62 bits per heavy atom. The second-order valence-electron chi connectivity index (χ2n) is 6.36. The van der Waals surface area contributed by atoms with E-state index in [0.717, 1.165) is 31.4 Å². The fourth-order valence-electron chi connectivity index (χ4n) is 3.67. The van der Waals surface area contributed by atoms with Crippen molar-refractivity contribution in [2.45, 2.75) is 58.9 Å². The highest BCUT2D eigenvalue weighted by atomic mass is 19.1. The third kappa shape index (κ3) is 3.82. The number of rotatable bonds is 5. The first-order valence-corrected chi connectivity index (χ1v) is 8.25. The lowest BCUT2D eigenvalue weighted by Crippen LogP contribution is -2.32. The number of aryl methyl sites for hydroxylation is 1. The van der Waals surface area contributed by atoms with Gasteiger partial charge < -0.3 is 5.32 Å². The Balaban J connectivity index is 2.28. The molecule has 1 aromatic rings. The van der Waals surface area contributed by atoms with Gasteiger partial charge in [0.2, 0.25) is 0 Å². The predicted octanol–water partition coefficient (Wildman–Crippen LogP) is 5.14. The Labute approximate surface area is 127 Å². The van der Waals surface area contributed by atoms with Gasteiger partial charge in [-0.05, 0) is 49.8 Å². The van der Waals surface area contributed by atoms with Crippen molar-refractivity contribution in [3.63, 3.8) is 0 Å². The van der Waals surface area contributed by atoms with Crippen LogP contribution < -0.4 is 5.32 Å². The van der Waals surface area contributed by atoms with Gasteiger partial charge in [-0.3, -0.25) is 0 Å². The zero-order valence-corrected chi connectivity index (χ0v) is 13.4. The molecule has 1 aliphatic carbocycles. The van der Waals surface area contributed by atoms with Gasteiger partial charge in [0.15, 0.2) is 0 Å². The standard InChI is InChI=1S/C18H27F2N/c1-4-13-7-6-8-14(10-13)18(21-5-2)15-9-12(3)16(19)11-17(15)20/h9,11,13-14,18,21H,4-8,10H2,1-3H3. The Morgan fingerprint density at radius 1 is 1.19 bits per heavy atom. The van der Waals surface area contributed by atoms with Crippen LogP contribution in [0.3, 0.4) is 0 Å². The maximum absolute atomic E-state index is 14.3. The molecule has 3 unspecified atom stereocenters. The summed E-state index contributed by atoms with van der Waals surface area (Å²) in [5.41, 5.74) is 1.16. The molecule has 3 atom stereocenters. The average molecular weight is 295 g/mol. The van der Waals surface area contributed by atoms with Crippen LogP contribution >= 0.6 is 0 Å². The van der Waals surface area contributed by atoms with E-state index in [0.29, 0.717) is 17.0 Å². The van der Waals surface area contributed by atoms with Crippen LogP contribution in [-0.2, 0) is 0 Å². The Morgan fingerprint density at radius 2 is 1.95 bits per heavy atom. The van der Waals surface area contributed by atoms with Crippen molar-refractivity contribution in [1.82, 2.24) is 5.32 Å². The van der Waals surface area contributed by atoms with Crippen LogP contribution in [0.25, 0.3) is 0 Å². The highest BCUT2D eigenvalue weighted by molar-refractivity contribution is 5.29. The van der Waals surface area contributed by atoms with Crippen LogP contribution in [0.2, 0.25) is 0 Å². The summed E-state index contributed by atoms with van der Waals surface area (Å²) in [4.78, 5) is 0. The van der Waals surface area contributed by atoms with Crippen LogP contribution in [-0.4, -0.2) is 6.54 Å². The van der Waals surface area contributed by atoms with Crippen molar-refractivity contribution in [3.8, 4) is 0 Å². The third-order valence-electron chi connectivity index (χ3n) is 4.91. The third-order valence-corrected chi connectivity index (χ3v) is 4.91. The molecule has 1 N–H and O–H groups in total. The number of nitrogens with one attached hydrogen (secondary N) is 1. The molecular weight excluding hydrogens is 268 g/mol. The maximum Gasteiger partial charge on any atom is 0.130 e. The molecule has 0 aromatic heterocycles. The van der Waals surface area contributed by atoms with E-state index in [4.69, 9.17) is 0 Å². The SMILES string of the molecule is CCNC(c1cc(C)c(F)cc1F)C1CCCC(CC)C1. The van der Waals surface area contributed by atoms with Crippen LogP contribution in [0, 0.1) is 30.4 Å². The second-order valence-corrected chi connectivity index (χ2v) is 6.36. The molecular formula is C18H27F2N. The minimum atomic E-state index is -0.457. The molecule has 0 amide bonds. The summed E-state index contributed by atoms with van der Waals surface area (Å²) in [6.07, 6.45) is 5.97. The summed E-state index contributed by atoms with van der Waals surface area (Å²) in [5, 5.41) is 3.44. The molecule has 0 aliphatic heterocycles. The summed E-state index contributed by atoms with van der Waals surface area (Å²) >= 11 is 0.